The van der Waals surface area contributed by atoms with E-state index < -0.39 is 0 Å². The number of nitrogens with zero attached hydrogens (tertiary/aromatic N) is 4. The number of benzene rings is 2. The first-order valence-electron chi connectivity index (χ1n) is 12.2. The van der Waals surface area contributed by atoms with Crippen LogP contribution in [0.4, 0.5) is 0 Å². The Kier molecular flexibility index (Phi) is 6.31. The van der Waals surface area contributed by atoms with E-state index in [0.717, 1.165) is 44.5 Å². The van der Waals surface area contributed by atoms with Gasteiger partial charge in [-0.15, -0.1) is 0 Å². The summed E-state index contributed by atoms with van der Waals surface area (Å²) in [7, 11) is 0. The highest BCUT2D eigenvalue weighted by Gasteiger charge is 2.16. The molecular weight excluding hydrogens is 468 g/mol. The molecule has 0 saturated carbocycles. The molecule has 5 heteroatoms. The number of pyridine rings is 4. The fourth-order valence-corrected chi connectivity index (χ4v) is 4.53. The highest BCUT2D eigenvalue weighted by Crippen LogP contribution is 2.32. The van der Waals surface area contributed by atoms with Gasteiger partial charge in [0.2, 0.25) is 0 Å². The molecule has 2 aromatic carbocycles. The van der Waals surface area contributed by atoms with E-state index in [0.29, 0.717) is 11.1 Å². The van der Waals surface area contributed by atoms with Gasteiger partial charge in [0.15, 0.2) is 5.78 Å². The Morgan fingerprint density at radius 3 is 0.816 bits per heavy atom. The molecule has 6 rings (SSSR count). The number of ketones is 1. The molecule has 180 valence electrons. The van der Waals surface area contributed by atoms with Crippen LogP contribution in [0.5, 0.6) is 0 Å². The highest BCUT2D eigenvalue weighted by molar-refractivity contribution is 6.11. The summed E-state index contributed by atoms with van der Waals surface area (Å²) in [5.41, 5.74) is 8.99. The molecular formula is C33H22N4O. The van der Waals surface area contributed by atoms with E-state index in [-0.39, 0.29) is 5.78 Å². The van der Waals surface area contributed by atoms with Crippen LogP contribution in [0.1, 0.15) is 15.9 Å². The third kappa shape index (κ3) is 4.86. The SMILES string of the molecule is O=C(c1cc(-c2ccncc2)cc(-c2ccncc2)c1)c1cc(-c2ccncc2)cc(-c2ccncc2)c1. The lowest BCUT2D eigenvalue weighted by molar-refractivity contribution is 0.103. The quantitative estimate of drug-likeness (QED) is 0.232. The van der Waals surface area contributed by atoms with Gasteiger partial charge in [-0.1, -0.05) is 0 Å². The van der Waals surface area contributed by atoms with Gasteiger partial charge in [0, 0.05) is 60.7 Å². The van der Waals surface area contributed by atoms with E-state index in [1.54, 1.807) is 49.6 Å². The Hall–Kier alpha value is -5.29. The molecule has 38 heavy (non-hydrogen) atoms. The number of carbonyl (C=O) groups excluding carboxylic acids is 1. The van der Waals surface area contributed by atoms with Crippen molar-refractivity contribution in [3.8, 4) is 44.5 Å². The van der Waals surface area contributed by atoms with Crippen molar-refractivity contribution < 1.29 is 4.79 Å². The molecule has 0 bridgehead atoms. The zero-order valence-electron chi connectivity index (χ0n) is 20.4. The lowest BCUT2D eigenvalue weighted by Gasteiger charge is -2.13. The first-order chi connectivity index (χ1) is 18.7. The van der Waals surface area contributed by atoms with Gasteiger partial charge in [0.25, 0.3) is 0 Å². The van der Waals surface area contributed by atoms with Gasteiger partial charge in [0.1, 0.15) is 0 Å². The van der Waals surface area contributed by atoms with E-state index in [2.05, 4.69) is 32.1 Å². The summed E-state index contributed by atoms with van der Waals surface area (Å²) in [6.45, 7) is 0. The number of hydrogen-bond acceptors (Lipinski definition) is 5. The third-order valence-corrected chi connectivity index (χ3v) is 6.45. The average Bonchev–Trinajstić information content (AvgIpc) is 3.02. The number of hydrogen-bond donors (Lipinski definition) is 0. The van der Waals surface area contributed by atoms with Gasteiger partial charge in [-0.3, -0.25) is 24.7 Å². The summed E-state index contributed by atoms with van der Waals surface area (Å²) >= 11 is 0. The zero-order chi connectivity index (χ0) is 25.7. The predicted octanol–water partition coefficient (Wildman–Crippen LogP) is 7.17. The predicted molar refractivity (Wildman–Crippen MR) is 149 cm³/mol. The summed E-state index contributed by atoms with van der Waals surface area (Å²) in [4.78, 5) is 30.7. The molecule has 5 nitrogen and oxygen atoms in total. The molecule has 6 aromatic rings. The summed E-state index contributed by atoms with van der Waals surface area (Å²) in [5.74, 6) is -0.0533. The van der Waals surface area contributed by atoms with Crippen molar-refractivity contribution in [1.29, 1.82) is 0 Å². The Labute approximate surface area is 220 Å². The van der Waals surface area contributed by atoms with Gasteiger partial charge in [-0.2, -0.15) is 0 Å². The maximum Gasteiger partial charge on any atom is 0.193 e. The van der Waals surface area contributed by atoms with E-state index in [4.69, 9.17) is 0 Å². The van der Waals surface area contributed by atoms with Crippen LogP contribution in [0, 0.1) is 0 Å². The fraction of sp³-hybridized carbons (Fsp3) is 0. The largest absolute Gasteiger partial charge is 0.289 e. The molecule has 0 unspecified atom stereocenters. The van der Waals surface area contributed by atoms with Gasteiger partial charge in [0.05, 0.1) is 0 Å². The molecule has 0 aliphatic carbocycles. The number of aromatic nitrogens is 4. The van der Waals surface area contributed by atoms with Gasteiger partial charge >= 0.3 is 0 Å². The molecule has 0 atom stereocenters. The molecule has 0 spiro atoms. The van der Waals surface area contributed by atoms with Crippen LogP contribution in [0.3, 0.4) is 0 Å². The van der Waals surface area contributed by atoms with Gasteiger partial charge in [-0.05, 0) is 129 Å². The normalized spacial score (nSPS) is 10.7. The maximum absolute atomic E-state index is 14.1. The summed E-state index contributed by atoms with van der Waals surface area (Å²) in [6.07, 6.45) is 14.1. The monoisotopic (exact) mass is 490 g/mol. The smallest absolute Gasteiger partial charge is 0.193 e. The average molecular weight is 491 g/mol. The van der Waals surface area contributed by atoms with Crippen molar-refractivity contribution in [2.75, 3.05) is 0 Å². The summed E-state index contributed by atoms with van der Waals surface area (Å²) in [5, 5.41) is 0. The summed E-state index contributed by atoms with van der Waals surface area (Å²) < 4.78 is 0. The van der Waals surface area contributed by atoms with E-state index in [1.165, 1.54) is 0 Å². The summed E-state index contributed by atoms with van der Waals surface area (Å²) in [6, 6.07) is 27.6. The zero-order valence-corrected chi connectivity index (χ0v) is 20.4. The van der Waals surface area contributed by atoms with Crippen molar-refractivity contribution in [1.82, 2.24) is 19.9 Å². The van der Waals surface area contributed by atoms with Crippen LogP contribution in [0.2, 0.25) is 0 Å². The van der Waals surface area contributed by atoms with Crippen LogP contribution >= 0.6 is 0 Å². The molecule has 0 saturated heterocycles. The lowest BCUT2D eigenvalue weighted by Crippen LogP contribution is -2.03. The molecule has 4 heterocycles. The first kappa shape index (κ1) is 23.1. The van der Waals surface area contributed by atoms with Crippen molar-refractivity contribution in [3.05, 3.63) is 146 Å². The van der Waals surface area contributed by atoms with Crippen molar-refractivity contribution in [3.63, 3.8) is 0 Å². The van der Waals surface area contributed by atoms with Crippen LogP contribution in [0.15, 0.2) is 135 Å². The van der Waals surface area contributed by atoms with Crippen molar-refractivity contribution in [2.24, 2.45) is 0 Å². The van der Waals surface area contributed by atoms with Crippen LogP contribution in [-0.4, -0.2) is 25.7 Å². The molecule has 0 radical (unpaired) electrons. The molecule has 0 amide bonds. The van der Waals surface area contributed by atoms with E-state index in [9.17, 15) is 4.79 Å². The Morgan fingerprint density at radius 2 is 0.579 bits per heavy atom. The second-order valence-electron chi connectivity index (χ2n) is 8.87. The third-order valence-electron chi connectivity index (χ3n) is 6.45. The lowest BCUT2D eigenvalue weighted by atomic mass is 9.91. The maximum atomic E-state index is 14.1. The molecule has 0 fully saturated rings. The van der Waals surface area contributed by atoms with Crippen molar-refractivity contribution >= 4 is 5.78 Å². The molecule has 4 aromatic heterocycles. The topological polar surface area (TPSA) is 68.6 Å². The number of carbonyl (C=O) groups is 1. The minimum Gasteiger partial charge on any atom is -0.289 e. The fourth-order valence-electron chi connectivity index (χ4n) is 4.53. The second kappa shape index (κ2) is 10.4. The number of rotatable bonds is 6. The molecule has 0 aliphatic heterocycles. The van der Waals surface area contributed by atoms with E-state index in [1.807, 2.05) is 72.8 Å². The van der Waals surface area contributed by atoms with Crippen LogP contribution < -0.4 is 0 Å². The second-order valence-corrected chi connectivity index (χ2v) is 8.87. The minimum atomic E-state index is -0.0533. The molecule has 0 aliphatic rings. The van der Waals surface area contributed by atoms with E-state index >= 15 is 0 Å². The first-order valence-corrected chi connectivity index (χ1v) is 12.2. The van der Waals surface area contributed by atoms with Crippen LogP contribution in [-0.2, 0) is 0 Å². The van der Waals surface area contributed by atoms with Gasteiger partial charge < -0.3 is 0 Å². The Morgan fingerprint density at radius 1 is 0.342 bits per heavy atom. The highest BCUT2D eigenvalue weighted by atomic mass is 16.1. The Bertz CT molecular complexity index is 1460. The van der Waals surface area contributed by atoms with Crippen molar-refractivity contribution in [2.45, 2.75) is 0 Å². The standard InChI is InChI=1S/C33H22N4O/c38-33(31-19-27(23-1-9-34-10-2-23)17-28(20-31)24-3-11-35-12-4-24)32-21-29(25-5-13-36-14-6-25)18-30(22-32)26-7-15-37-16-8-26/h1-22H. The Balaban J connectivity index is 1.51. The van der Waals surface area contributed by atoms with Gasteiger partial charge in [-0.25, -0.2) is 0 Å². The minimum absolute atomic E-state index is 0.0533. The molecule has 0 N–H and O–H groups in total. The van der Waals surface area contributed by atoms with Crippen LogP contribution in [0.25, 0.3) is 44.5 Å².